The average molecular weight is 347 g/mol. The van der Waals surface area contributed by atoms with Crippen molar-refractivity contribution in [3.05, 3.63) is 0 Å². The van der Waals surface area contributed by atoms with Crippen LogP contribution in [0.5, 0.6) is 0 Å². The Hall–Kier alpha value is -1.59. The van der Waals surface area contributed by atoms with Gasteiger partial charge in [0.05, 0.1) is 0 Å². The number of Topliss-reactive ketones (excluding diaryl/α,β-unsaturated/α-hetero) is 1. The molecular weight excluding hydrogens is 318 g/mol. The van der Waals surface area contributed by atoms with E-state index in [-0.39, 0.29) is 23.9 Å². The maximum Gasteiger partial charge on any atom is 0.319 e. The fourth-order valence-electron chi connectivity index (χ4n) is 4.69. The maximum absolute atomic E-state index is 13.0. The van der Waals surface area contributed by atoms with Crippen LogP contribution in [-0.4, -0.2) is 71.2 Å². The van der Waals surface area contributed by atoms with Crippen molar-refractivity contribution in [3.8, 4) is 0 Å². The second kappa shape index (κ2) is 6.96. The third kappa shape index (κ3) is 3.53. The highest BCUT2D eigenvalue weighted by Crippen LogP contribution is 2.39. The van der Waals surface area contributed by atoms with Crippen LogP contribution >= 0.6 is 0 Å². The fourth-order valence-corrected chi connectivity index (χ4v) is 4.69. The average Bonchev–Trinajstić information content (AvgIpc) is 3.34. The number of rotatable bonds is 2. The molecule has 3 heterocycles. The van der Waals surface area contributed by atoms with Gasteiger partial charge < -0.3 is 14.7 Å². The van der Waals surface area contributed by atoms with E-state index in [1.54, 1.807) is 0 Å². The highest BCUT2D eigenvalue weighted by molar-refractivity contribution is 5.85. The normalized spacial score (nSPS) is 28.6. The standard InChI is InChI=1S/C19H29N3O3/c23-16-7-12-22(17(13-16)14-3-4-14)18(24)15-5-10-21(11-6-15)19(25)20-8-1-2-9-20/h14-15,17H,1-13H2. The van der Waals surface area contributed by atoms with E-state index in [1.165, 1.54) is 0 Å². The SMILES string of the molecule is O=C1CCN(C(=O)C2CCN(C(=O)N3CCCC3)CC2)C(C2CC2)C1. The number of nitrogens with zero attached hydrogens (tertiary/aromatic N) is 3. The molecule has 0 spiro atoms. The zero-order valence-corrected chi connectivity index (χ0v) is 15.0. The van der Waals surface area contributed by atoms with Crippen LogP contribution in [0.1, 0.15) is 51.4 Å². The Bertz CT molecular complexity index is 546. The monoisotopic (exact) mass is 347 g/mol. The molecule has 1 aliphatic carbocycles. The number of urea groups is 1. The molecule has 4 aliphatic rings. The lowest BCUT2D eigenvalue weighted by atomic mass is 9.91. The van der Waals surface area contributed by atoms with Crippen LogP contribution in [-0.2, 0) is 9.59 Å². The number of carbonyl (C=O) groups is 3. The second-order valence-electron chi connectivity index (χ2n) is 8.17. The Morgan fingerprint density at radius 1 is 0.840 bits per heavy atom. The van der Waals surface area contributed by atoms with E-state index in [1.807, 2.05) is 14.7 Å². The highest BCUT2D eigenvalue weighted by Gasteiger charge is 2.43. The highest BCUT2D eigenvalue weighted by atomic mass is 16.2. The summed E-state index contributed by atoms with van der Waals surface area (Å²) < 4.78 is 0. The molecule has 138 valence electrons. The minimum absolute atomic E-state index is 0.0251. The largest absolute Gasteiger partial charge is 0.338 e. The van der Waals surface area contributed by atoms with Crippen LogP contribution in [0.25, 0.3) is 0 Å². The van der Waals surface area contributed by atoms with Crippen molar-refractivity contribution in [2.75, 3.05) is 32.7 Å². The quantitative estimate of drug-likeness (QED) is 0.766. The first kappa shape index (κ1) is 16.9. The number of carbonyl (C=O) groups excluding carboxylic acids is 3. The van der Waals surface area contributed by atoms with Gasteiger partial charge in [-0.1, -0.05) is 0 Å². The Morgan fingerprint density at radius 2 is 1.48 bits per heavy atom. The number of likely N-dealkylation sites (tertiary alicyclic amines) is 3. The molecule has 1 saturated carbocycles. The lowest BCUT2D eigenvalue weighted by molar-refractivity contribution is -0.143. The zero-order chi connectivity index (χ0) is 17.4. The van der Waals surface area contributed by atoms with Gasteiger partial charge in [-0.05, 0) is 44.4 Å². The minimum atomic E-state index is 0.0251. The summed E-state index contributed by atoms with van der Waals surface area (Å²) in [6, 6.07) is 0.306. The first-order valence-corrected chi connectivity index (χ1v) is 9.99. The van der Waals surface area contributed by atoms with Gasteiger partial charge in [-0.15, -0.1) is 0 Å². The van der Waals surface area contributed by atoms with Crippen LogP contribution in [0.3, 0.4) is 0 Å². The van der Waals surface area contributed by atoms with Crippen molar-refractivity contribution >= 4 is 17.7 Å². The van der Waals surface area contributed by atoms with E-state index in [2.05, 4.69) is 0 Å². The van der Waals surface area contributed by atoms with Crippen LogP contribution in [0, 0.1) is 11.8 Å². The van der Waals surface area contributed by atoms with E-state index in [0.29, 0.717) is 44.2 Å². The Labute approximate surface area is 149 Å². The molecule has 4 fully saturated rings. The van der Waals surface area contributed by atoms with Gasteiger partial charge in [-0.3, -0.25) is 9.59 Å². The van der Waals surface area contributed by atoms with Crippen molar-refractivity contribution in [1.29, 1.82) is 0 Å². The summed E-state index contributed by atoms with van der Waals surface area (Å²) >= 11 is 0. The summed E-state index contributed by atoms with van der Waals surface area (Å²) in [6.45, 7) is 3.73. The maximum atomic E-state index is 13.0. The van der Waals surface area contributed by atoms with Crippen molar-refractivity contribution in [1.82, 2.24) is 14.7 Å². The van der Waals surface area contributed by atoms with E-state index in [0.717, 1.165) is 51.6 Å². The third-order valence-electron chi connectivity index (χ3n) is 6.41. The van der Waals surface area contributed by atoms with Gasteiger partial charge in [0.1, 0.15) is 5.78 Å². The topological polar surface area (TPSA) is 60.9 Å². The van der Waals surface area contributed by atoms with Gasteiger partial charge in [0.25, 0.3) is 0 Å². The lowest BCUT2D eigenvalue weighted by Crippen LogP contribution is -2.52. The van der Waals surface area contributed by atoms with Gasteiger partial charge in [0.2, 0.25) is 5.91 Å². The van der Waals surface area contributed by atoms with E-state index in [4.69, 9.17) is 0 Å². The molecule has 0 aromatic carbocycles. The molecule has 0 bridgehead atoms. The molecule has 0 aromatic heterocycles. The summed E-state index contributed by atoms with van der Waals surface area (Å²) in [7, 11) is 0. The molecule has 25 heavy (non-hydrogen) atoms. The fraction of sp³-hybridized carbons (Fsp3) is 0.842. The number of hydrogen-bond donors (Lipinski definition) is 0. The van der Waals surface area contributed by atoms with Crippen LogP contribution < -0.4 is 0 Å². The molecule has 0 radical (unpaired) electrons. The smallest absolute Gasteiger partial charge is 0.319 e. The summed E-state index contributed by atoms with van der Waals surface area (Å²) in [5, 5.41) is 0. The molecule has 3 saturated heterocycles. The van der Waals surface area contributed by atoms with Gasteiger partial charge in [-0.25, -0.2) is 4.79 Å². The molecule has 3 aliphatic heterocycles. The first-order chi connectivity index (χ1) is 12.1. The zero-order valence-electron chi connectivity index (χ0n) is 15.0. The van der Waals surface area contributed by atoms with E-state index < -0.39 is 0 Å². The van der Waals surface area contributed by atoms with Crippen LogP contribution in [0.4, 0.5) is 4.79 Å². The Balaban J connectivity index is 1.33. The second-order valence-corrected chi connectivity index (χ2v) is 8.17. The molecule has 6 heteroatoms. The first-order valence-electron chi connectivity index (χ1n) is 9.99. The Morgan fingerprint density at radius 3 is 2.12 bits per heavy atom. The Kier molecular flexibility index (Phi) is 4.69. The summed E-state index contributed by atoms with van der Waals surface area (Å²) in [6.07, 6.45) is 7.13. The van der Waals surface area contributed by atoms with E-state index >= 15 is 0 Å². The number of amides is 3. The van der Waals surface area contributed by atoms with Gasteiger partial charge in [0, 0.05) is 57.5 Å². The predicted molar refractivity (Wildman–Crippen MR) is 93.0 cm³/mol. The van der Waals surface area contributed by atoms with Crippen molar-refractivity contribution in [3.63, 3.8) is 0 Å². The number of hydrogen-bond acceptors (Lipinski definition) is 3. The molecule has 4 rings (SSSR count). The molecule has 1 unspecified atom stereocenters. The van der Waals surface area contributed by atoms with Crippen molar-refractivity contribution in [2.24, 2.45) is 11.8 Å². The van der Waals surface area contributed by atoms with Crippen LogP contribution in [0.2, 0.25) is 0 Å². The molecule has 0 aromatic rings. The van der Waals surface area contributed by atoms with Gasteiger partial charge in [-0.2, -0.15) is 0 Å². The lowest BCUT2D eigenvalue weighted by Gasteiger charge is -2.40. The molecule has 0 N–H and O–H groups in total. The molecular formula is C19H29N3O3. The third-order valence-corrected chi connectivity index (χ3v) is 6.41. The number of piperidine rings is 2. The summed E-state index contributed by atoms with van der Waals surface area (Å²) in [4.78, 5) is 43.2. The van der Waals surface area contributed by atoms with Gasteiger partial charge in [0.15, 0.2) is 0 Å². The summed E-state index contributed by atoms with van der Waals surface area (Å²) in [5.41, 5.74) is 0. The van der Waals surface area contributed by atoms with Crippen LogP contribution in [0.15, 0.2) is 0 Å². The van der Waals surface area contributed by atoms with Crippen molar-refractivity contribution < 1.29 is 14.4 Å². The molecule has 1 atom stereocenters. The van der Waals surface area contributed by atoms with Crippen molar-refractivity contribution in [2.45, 2.75) is 57.4 Å². The number of ketones is 1. The van der Waals surface area contributed by atoms with Gasteiger partial charge >= 0.3 is 6.03 Å². The molecule has 3 amide bonds. The minimum Gasteiger partial charge on any atom is -0.338 e. The summed E-state index contributed by atoms with van der Waals surface area (Å²) in [5.74, 6) is 1.12. The van der Waals surface area contributed by atoms with E-state index in [9.17, 15) is 14.4 Å². The molecule has 6 nitrogen and oxygen atoms in total. The predicted octanol–water partition coefficient (Wildman–Crippen LogP) is 1.88.